The zero-order valence-electron chi connectivity index (χ0n) is 11.4. The van der Waals surface area contributed by atoms with Crippen molar-refractivity contribution in [3.05, 3.63) is 18.2 Å². The fourth-order valence-corrected chi connectivity index (χ4v) is 3.86. The largest absolute Gasteiger partial charge is 0.492 e. The van der Waals surface area contributed by atoms with E-state index in [1.807, 2.05) is 0 Å². The molecule has 1 fully saturated rings. The maximum absolute atomic E-state index is 12.7. The third kappa shape index (κ3) is 3.05. The minimum absolute atomic E-state index is 0.0933. The molecule has 1 aliphatic heterocycles. The minimum atomic E-state index is -3.64. The second-order valence-corrected chi connectivity index (χ2v) is 6.68. The first-order valence-electron chi connectivity index (χ1n) is 6.65. The van der Waals surface area contributed by atoms with Gasteiger partial charge in [-0.05, 0) is 38.0 Å². The minimum Gasteiger partial charge on any atom is -0.492 e. The van der Waals surface area contributed by atoms with Crippen LogP contribution in [0.2, 0.25) is 0 Å². The molecule has 1 aliphatic rings. The van der Waals surface area contributed by atoms with Crippen LogP contribution in [-0.4, -0.2) is 43.6 Å². The van der Waals surface area contributed by atoms with Crippen molar-refractivity contribution in [3.8, 4) is 5.75 Å². The highest BCUT2D eigenvalue weighted by Gasteiger charge is 2.31. The summed E-state index contributed by atoms with van der Waals surface area (Å²) in [5, 5.41) is 9.48. The Hall–Kier alpha value is -1.31. The summed E-state index contributed by atoms with van der Waals surface area (Å²) in [4.78, 5) is 0.0933. The normalized spacial score (nSPS) is 18.1. The number of rotatable bonds is 4. The molecule has 1 aromatic carbocycles. The van der Waals surface area contributed by atoms with Crippen molar-refractivity contribution < 1.29 is 18.3 Å². The molecule has 0 bridgehead atoms. The fourth-order valence-electron chi connectivity index (χ4n) is 2.22. The molecule has 6 nitrogen and oxygen atoms in total. The molecule has 0 atom stereocenters. The molecule has 0 radical (unpaired) electrons. The second-order valence-electron chi connectivity index (χ2n) is 4.77. The Kier molecular flexibility index (Phi) is 4.52. The predicted molar refractivity (Wildman–Crippen MR) is 76.0 cm³/mol. The maximum Gasteiger partial charge on any atom is 0.246 e. The van der Waals surface area contributed by atoms with E-state index >= 15 is 0 Å². The van der Waals surface area contributed by atoms with Crippen LogP contribution < -0.4 is 10.5 Å². The summed E-state index contributed by atoms with van der Waals surface area (Å²) in [5.41, 5.74) is 6.07. The SMILES string of the molecule is CCOc1ccc(N)cc1S(=O)(=O)N1CCC(O)CC1. The summed E-state index contributed by atoms with van der Waals surface area (Å²) in [6.45, 7) is 2.79. The highest BCUT2D eigenvalue weighted by atomic mass is 32.2. The number of nitrogens with two attached hydrogens (primary N) is 1. The molecule has 0 saturated carbocycles. The van der Waals surface area contributed by atoms with Gasteiger partial charge in [-0.1, -0.05) is 0 Å². The predicted octanol–water partition coefficient (Wildman–Crippen LogP) is 0.813. The number of hydrogen-bond acceptors (Lipinski definition) is 5. The van der Waals surface area contributed by atoms with Crippen LogP contribution in [0.25, 0.3) is 0 Å². The molecule has 1 saturated heterocycles. The van der Waals surface area contributed by atoms with E-state index in [0.717, 1.165) is 0 Å². The van der Waals surface area contributed by atoms with Gasteiger partial charge in [0.1, 0.15) is 10.6 Å². The number of aliphatic hydroxyl groups excluding tert-OH is 1. The van der Waals surface area contributed by atoms with Gasteiger partial charge in [-0.25, -0.2) is 8.42 Å². The molecule has 3 N–H and O–H groups in total. The summed E-state index contributed by atoms with van der Waals surface area (Å²) >= 11 is 0. The Morgan fingerprint density at radius 1 is 1.40 bits per heavy atom. The molecule has 1 aromatic rings. The number of aliphatic hydroxyl groups is 1. The van der Waals surface area contributed by atoms with Crippen LogP contribution in [-0.2, 0) is 10.0 Å². The van der Waals surface area contributed by atoms with Gasteiger partial charge in [0.15, 0.2) is 0 Å². The monoisotopic (exact) mass is 300 g/mol. The van der Waals surface area contributed by atoms with Crippen LogP contribution in [0.4, 0.5) is 5.69 Å². The molecular weight excluding hydrogens is 280 g/mol. The number of nitrogen functional groups attached to an aromatic ring is 1. The van der Waals surface area contributed by atoms with Gasteiger partial charge in [0, 0.05) is 18.8 Å². The first-order chi connectivity index (χ1) is 9.45. The quantitative estimate of drug-likeness (QED) is 0.803. The number of hydrogen-bond donors (Lipinski definition) is 2. The Bertz CT molecular complexity index is 566. The Labute approximate surface area is 119 Å². The summed E-state index contributed by atoms with van der Waals surface area (Å²) in [6.07, 6.45) is 0.477. The Morgan fingerprint density at radius 2 is 2.05 bits per heavy atom. The van der Waals surface area contributed by atoms with E-state index in [2.05, 4.69) is 0 Å². The molecule has 20 heavy (non-hydrogen) atoms. The highest BCUT2D eigenvalue weighted by molar-refractivity contribution is 7.89. The molecule has 2 rings (SSSR count). The number of anilines is 1. The van der Waals surface area contributed by atoms with E-state index in [4.69, 9.17) is 10.5 Å². The van der Waals surface area contributed by atoms with E-state index < -0.39 is 16.1 Å². The number of benzene rings is 1. The van der Waals surface area contributed by atoms with Crippen LogP contribution >= 0.6 is 0 Å². The first kappa shape index (κ1) is 15.1. The van der Waals surface area contributed by atoms with Gasteiger partial charge in [-0.3, -0.25) is 0 Å². The van der Waals surface area contributed by atoms with Gasteiger partial charge < -0.3 is 15.6 Å². The summed E-state index contributed by atoms with van der Waals surface area (Å²) in [5.74, 6) is 0.313. The van der Waals surface area contributed by atoms with E-state index in [9.17, 15) is 13.5 Å². The number of ether oxygens (including phenoxy) is 1. The molecule has 0 aromatic heterocycles. The van der Waals surface area contributed by atoms with Gasteiger partial charge in [-0.2, -0.15) is 4.31 Å². The molecule has 7 heteroatoms. The van der Waals surface area contributed by atoms with Crippen LogP contribution in [0.15, 0.2) is 23.1 Å². The van der Waals surface area contributed by atoms with Crippen LogP contribution in [0.5, 0.6) is 5.75 Å². The summed E-state index contributed by atoms with van der Waals surface area (Å²) in [6, 6.07) is 4.61. The van der Waals surface area contributed by atoms with Gasteiger partial charge in [0.2, 0.25) is 10.0 Å². The summed E-state index contributed by atoms with van der Waals surface area (Å²) in [7, 11) is -3.64. The van der Waals surface area contributed by atoms with Crippen molar-refractivity contribution in [3.63, 3.8) is 0 Å². The van der Waals surface area contributed by atoms with Crippen molar-refractivity contribution in [2.24, 2.45) is 0 Å². The number of nitrogens with zero attached hydrogens (tertiary/aromatic N) is 1. The lowest BCUT2D eigenvalue weighted by Gasteiger charge is -2.29. The summed E-state index contributed by atoms with van der Waals surface area (Å²) < 4.78 is 32.1. The average Bonchev–Trinajstić information content (AvgIpc) is 2.41. The van der Waals surface area contributed by atoms with E-state index in [0.29, 0.717) is 44.0 Å². The zero-order valence-corrected chi connectivity index (χ0v) is 12.3. The lowest BCUT2D eigenvalue weighted by atomic mass is 10.1. The third-order valence-corrected chi connectivity index (χ3v) is 5.23. The molecular formula is C13H20N2O4S. The maximum atomic E-state index is 12.7. The van der Waals surface area contributed by atoms with Crippen LogP contribution in [0.3, 0.4) is 0 Å². The van der Waals surface area contributed by atoms with Gasteiger partial charge >= 0.3 is 0 Å². The zero-order chi connectivity index (χ0) is 14.8. The molecule has 112 valence electrons. The van der Waals surface area contributed by atoms with Crippen LogP contribution in [0.1, 0.15) is 19.8 Å². The average molecular weight is 300 g/mol. The van der Waals surface area contributed by atoms with Gasteiger partial charge in [0.05, 0.1) is 12.7 Å². The molecule has 1 heterocycles. The Balaban J connectivity index is 2.35. The fraction of sp³-hybridized carbons (Fsp3) is 0.538. The standard InChI is InChI=1S/C13H20N2O4S/c1-2-19-12-4-3-10(14)9-13(12)20(17,18)15-7-5-11(16)6-8-15/h3-4,9,11,16H,2,5-8,14H2,1H3. The smallest absolute Gasteiger partial charge is 0.246 e. The third-order valence-electron chi connectivity index (χ3n) is 3.31. The van der Waals surface area contributed by atoms with Crippen LogP contribution in [0, 0.1) is 0 Å². The Morgan fingerprint density at radius 3 is 2.65 bits per heavy atom. The van der Waals surface area contributed by atoms with Crippen molar-refractivity contribution in [2.75, 3.05) is 25.4 Å². The second kappa shape index (κ2) is 5.99. The van der Waals surface area contributed by atoms with Gasteiger partial charge in [0.25, 0.3) is 0 Å². The van der Waals surface area contributed by atoms with E-state index in [1.165, 1.54) is 10.4 Å². The van der Waals surface area contributed by atoms with Gasteiger partial charge in [-0.15, -0.1) is 0 Å². The molecule has 0 amide bonds. The molecule has 0 aliphatic carbocycles. The van der Waals surface area contributed by atoms with Crippen molar-refractivity contribution in [1.82, 2.24) is 4.31 Å². The van der Waals surface area contributed by atoms with E-state index in [-0.39, 0.29) is 4.90 Å². The molecule has 0 spiro atoms. The van der Waals surface area contributed by atoms with Crippen molar-refractivity contribution >= 4 is 15.7 Å². The topological polar surface area (TPSA) is 92.9 Å². The number of sulfonamides is 1. The van der Waals surface area contributed by atoms with Crippen molar-refractivity contribution in [1.29, 1.82) is 0 Å². The number of piperidine rings is 1. The first-order valence-corrected chi connectivity index (χ1v) is 8.09. The highest BCUT2D eigenvalue weighted by Crippen LogP contribution is 2.30. The molecule has 0 unspecified atom stereocenters. The van der Waals surface area contributed by atoms with E-state index in [1.54, 1.807) is 19.1 Å². The lowest BCUT2D eigenvalue weighted by molar-refractivity contribution is 0.113. The lowest BCUT2D eigenvalue weighted by Crippen LogP contribution is -2.40. The van der Waals surface area contributed by atoms with Crippen molar-refractivity contribution in [2.45, 2.75) is 30.8 Å².